The first-order valence-electron chi connectivity index (χ1n) is 12.1. The predicted octanol–water partition coefficient (Wildman–Crippen LogP) is 3.58. The summed E-state index contributed by atoms with van der Waals surface area (Å²) < 4.78 is 7.91. The second-order valence-corrected chi connectivity index (χ2v) is 8.84. The van der Waals surface area contributed by atoms with Crippen LogP contribution in [0.4, 0.5) is 0 Å². The molecule has 188 valence electrons. The molecule has 1 amide bonds. The zero-order valence-corrected chi connectivity index (χ0v) is 20.6. The first kappa shape index (κ1) is 26.2. The van der Waals surface area contributed by atoms with Gasteiger partial charge in [0, 0.05) is 25.1 Å². The van der Waals surface area contributed by atoms with Crippen LogP contribution in [0.15, 0.2) is 42.7 Å². The molecule has 0 aliphatic heterocycles. The number of para-hydroxylation sites is 1. The summed E-state index contributed by atoms with van der Waals surface area (Å²) >= 11 is 0. The number of nitrogens with zero attached hydrogens (tertiary/aromatic N) is 4. The Morgan fingerprint density at radius 1 is 1.06 bits per heavy atom. The first-order valence-corrected chi connectivity index (χ1v) is 12.1. The zero-order chi connectivity index (χ0) is 25.0. The molecule has 9 nitrogen and oxygen atoms in total. The highest BCUT2D eigenvalue weighted by Gasteiger charge is 2.13. The third kappa shape index (κ3) is 8.36. The summed E-state index contributed by atoms with van der Waals surface area (Å²) in [6.07, 6.45) is 6.32. The molecule has 1 aromatic carbocycles. The molecule has 2 heterocycles. The summed E-state index contributed by atoms with van der Waals surface area (Å²) in [5.74, 6) is -0.133. The molecule has 0 saturated carbocycles. The molecular formula is C26H35N5O4. The van der Waals surface area contributed by atoms with E-state index in [1.165, 1.54) is 0 Å². The van der Waals surface area contributed by atoms with Crippen molar-refractivity contribution < 1.29 is 19.4 Å². The minimum atomic E-state index is -0.749. The van der Waals surface area contributed by atoms with Crippen LogP contribution in [-0.2, 0) is 11.3 Å². The number of benzene rings is 1. The second kappa shape index (κ2) is 13.4. The Kier molecular flexibility index (Phi) is 10.0. The molecule has 3 aromatic rings. The number of carboxylic acids is 1. The number of carboxylic acid groups (broad SMARTS) is 1. The number of amides is 1. The lowest BCUT2D eigenvalue weighted by molar-refractivity contribution is -0.137. The number of ether oxygens (including phenoxy) is 1. The maximum atomic E-state index is 12.6. The van der Waals surface area contributed by atoms with Gasteiger partial charge in [-0.3, -0.25) is 9.59 Å². The molecule has 0 atom stereocenters. The van der Waals surface area contributed by atoms with Crippen molar-refractivity contribution >= 4 is 23.0 Å². The number of hydrogen-bond donors (Lipinski definition) is 2. The van der Waals surface area contributed by atoms with Crippen LogP contribution < -0.4 is 10.1 Å². The van der Waals surface area contributed by atoms with Gasteiger partial charge in [-0.25, -0.2) is 9.97 Å². The Balaban J connectivity index is 1.56. The largest absolute Gasteiger partial charge is 0.492 e. The molecule has 0 saturated heterocycles. The van der Waals surface area contributed by atoms with Crippen LogP contribution in [0, 0.1) is 0 Å². The molecule has 0 fully saturated rings. The molecule has 35 heavy (non-hydrogen) atoms. The molecule has 0 unspecified atom stereocenters. The maximum absolute atomic E-state index is 12.6. The Bertz CT molecular complexity index is 1110. The molecule has 0 aliphatic carbocycles. The number of carbonyl (C=O) groups is 2. The molecule has 9 heteroatoms. The van der Waals surface area contributed by atoms with Crippen molar-refractivity contribution in [1.29, 1.82) is 0 Å². The molecule has 0 spiro atoms. The van der Waals surface area contributed by atoms with Crippen LogP contribution in [0.2, 0.25) is 0 Å². The maximum Gasteiger partial charge on any atom is 0.303 e. The fourth-order valence-corrected chi connectivity index (χ4v) is 3.70. The average Bonchev–Trinajstić information content (AvgIpc) is 3.23. The Morgan fingerprint density at radius 2 is 1.83 bits per heavy atom. The van der Waals surface area contributed by atoms with E-state index in [0.29, 0.717) is 37.5 Å². The van der Waals surface area contributed by atoms with Crippen molar-refractivity contribution in [2.75, 3.05) is 33.8 Å². The Labute approximate surface area is 206 Å². The number of rotatable bonds is 15. The highest BCUT2D eigenvalue weighted by Crippen LogP contribution is 2.21. The van der Waals surface area contributed by atoms with Gasteiger partial charge >= 0.3 is 5.97 Å². The first-order chi connectivity index (χ1) is 16.9. The van der Waals surface area contributed by atoms with Crippen LogP contribution in [0.5, 0.6) is 5.75 Å². The lowest BCUT2D eigenvalue weighted by atomic mass is 10.1. The average molecular weight is 482 g/mol. The van der Waals surface area contributed by atoms with E-state index in [9.17, 15) is 9.59 Å². The summed E-state index contributed by atoms with van der Waals surface area (Å²) in [5.41, 5.74) is 2.76. The van der Waals surface area contributed by atoms with Crippen molar-refractivity contribution in [3.63, 3.8) is 0 Å². The van der Waals surface area contributed by atoms with Crippen LogP contribution in [0.25, 0.3) is 11.2 Å². The number of nitrogens with one attached hydrogen (secondary N) is 1. The van der Waals surface area contributed by atoms with Crippen LogP contribution in [-0.4, -0.2) is 70.2 Å². The van der Waals surface area contributed by atoms with E-state index < -0.39 is 5.97 Å². The summed E-state index contributed by atoms with van der Waals surface area (Å²) in [5, 5.41) is 11.6. The fourth-order valence-electron chi connectivity index (χ4n) is 3.70. The smallest absolute Gasteiger partial charge is 0.303 e. The normalized spacial score (nSPS) is 11.2. The van der Waals surface area contributed by atoms with Gasteiger partial charge in [-0.15, -0.1) is 0 Å². The van der Waals surface area contributed by atoms with Gasteiger partial charge in [0.2, 0.25) is 0 Å². The number of imidazole rings is 1. The lowest BCUT2D eigenvalue weighted by Crippen LogP contribution is -2.25. The number of fused-ring (bicyclic) bond motifs is 1. The molecule has 2 aromatic heterocycles. The van der Waals surface area contributed by atoms with Gasteiger partial charge in [-0.2, -0.15) is 0 Å². The van der Waals surface area contributed by atoms with Gasteiger partial charge in [0.15, 0.2) is 5.65 Å². The van der Waals surface area contributed by atoms with Crippen molar-refractivity contribution in [1.82, 2.24) is 24.8 Å². The lowest BCUT2D eigenvalue weighted by Gasteiger charge is -2.14. The van der Waals surface area contributed by atoms with E-state index in [2.05, 4.69) is 20.2 Å². The number of aromatic nitrogens is 3. The number of likely N-dealkylation sites (N-methyl/N-ethyl adjacent to an activating group) is 1. The Morgan fingerprint density at radius 3 is 2.63 bits per heavy atom. The molecule has 2 N–H and O–H groups in total. The van der Waals surface area contributed by atoms with Crippen molar-refractivity contribution in [3.8, 4) is 5.75 Å². The Hall–Kier alpha value is -3.46. The van der Waals surface area contributed by atoms with Crippen LogP contribution in [0.3, 0.4) is 0 Å². The summed E-state index contributed by atoms with van der Waals surface area (Å²) in [6, 6.07) is 11.4. The van der Waals surface area contributed by atoms with Gasteiger partial charge in [0.1, 0.15) is 23.6 Å². The minimum Gasteiger partial charge on any atom is -0.492 e. The summed E-state index contributed by atoms with van der Waals surface area (Å²) in [6.45, 7) is 2.52. The third-order valence-corrected chi connectivity index (χ3v) is 5.66. The van der Waals surface area contributed by atoms with E-state index in [0.717, 1.165) is 49.1 Å². The molecule has 0 radical (unpaired) electrons. The third-order valence-electron chi connectivity index (χ3n) is 5.66. The molecule has 0 bridgehead atoms. The van der Waals surface area contributed by atoms with E-state index in [1.807, 2.05) is 49.0 Å². The summed E-state index contributed by atoms with van der Waals surface area (Å²) in [7, 11) is 4.02. The van der Waals surface area contributed by atoms with Crippen molar-refractivity contribution in [2.24, 2.45) is 0 Å². The molecule has 3 rings (SSSR count). The van der Waals surface area contributed by atoms with E-state index in [4.69, 9.17) is 9.84 Å². The standard InChI is InChI=1S/C26H35N5O4/c1-30(2)16-17-35-23-11-8-7-10-20(23)18-31-19-28-21-13-14-22(29-25(21)31)26(34)27-15-9-5-3-4-6-12-24(32)33/h7-8,10-11,13-14,19H,3-6,9,12,15-18H2,1-2H3,(H,27,34)(H,32,33). The van der Waals surface area contributed by atoms with Gasteiger partial charge in [0.25, 0.3) is 5.91 Å². The fraction of sp³-hybridized carbons (Fsp3) is 0.462. The van der Waals surface area contributed by atoms with Gasteiger partial charge < -0.3 is 24.6 Å². The van der Waals surface area contributed by atoms with Gasteiger partial charge in [0.05, 0.1) is 12.9 Å². The van der Waals surface area contributed by atoms with E-state index >= 15 is 0 Å². The monoisotopic (exact) mass is 481 g/mol. The number of aliphatic carboxylic acids is 1. The quantitative estimate of drug-likeness (QED) is 0.319. The highest BCUT2D eigenvalue weighted by atomic mass is 16.5. The zero-order valence-electron chi connectivity index (χ0n) is 20.6. The van der Waals surface area contributed by atoms with Crippen LogP contribution in [0.1, 0.15) is 54.6 Å². The van der Waals surface area contributed by atoms with Gasteiger partial charge in [-0.05, 0) is 45.1 Å². The SMILES string of the molecule is CN(C)CCOc1ccccc1Cn1cnc2ccc(C(=O)NCCCCCCCC(=O)O)nc21. The highest BCUT2D eigenvalue weighted by molar-refractivity contribution is 5.94. The van der Waals surface area contributed by atoms with E-state index in [-0.39, 0.29) is 12.3 Å². The number of carbonyl (C=O) groups excluding carboxylic acids is 1. The summed E-state index contributed by atoms with van der Waals surface area (Å²) in [4.78, 5) is 34.3. The molecular weight excluding hydrogens is 446 g/mol. The topological polar surface area (TPSA) is 110 Å². The number of hydrogen-bond acceptors (Lipinski definition) is 6. The number of unbranched alkanes of at least 4 members (excludes halogenated alkanes) is 4. The predicted molar refractivity (Wildman–Crippen MR) is 135 cm³/mol. The van der Waals surface area contributed by atoms with Crippen molar-refractivity contribution in [3.05, 3.63) is 54.0 Å². The van der Waals surface area contributed by atoms with E-state index in [1.54, 1.807) is 12.4 Å². The van der Waals surface area contributed by atoms with Crippen LogP contribution >= 0.6 is 0 Å². The molecule has 0 aliphatic rings. The number of pyridine rings is 1. The minimum absolute atomic E-state index is 0.210. The van der Waals surface area contributed by atoms with Gasteiger partial charge in [-0.1, -0.05) is 37.5 Å². The second-order valence-electron chi connectivity index (χ2n) is 8.84. The van der Waals surface area contributed by atoms with Crippen molar-refractivity contribution in [2.45, 2.75) is 45.1 Å².